The first-order chi connectivity index (χ1) is 8.97. The minimum absolute atomic E-state index is 0.0898. The summed E-state index contributed by atoms with van der Waals surface area (Å²) in [6.07, 6.45) is 3.87. The van der Waals surface area contributed by atoms with Gasteiger partial charge in [0.2, 0.25) is 0 Å². The Bertz CT molecular complexity index is 555. The maximum atomic E-state index is 4.34. The molecule has 19 heavy (non-hydrogen) atoms. The van der Waals surface area contributed by atoms with Gasteiger partial charge in [0.25, 0.3) is 0 Å². The maximum absolute atomic E-state index is 4.34. The lowest BCUT2D eigenvalue weighted by Crippen LogP contribution is -2.36. The first-order valence-corrected chi connectivity index (χ1v) is 6.74. The molecule has 0 amide bonds. The Hall–Kier alpha value is -1.61. The Morgan fingerprint density at radius 1 is 1.26 bits per heavy atom. The van der Waals surface area contributed by atoms with E-state index < -0.39 is 0 Å². The number of nitrogens with zero attached hydrogens (tertiary/aromatic N) is 2. The average molecular weight is 257 g/mol. The number of benzene rings is 1. The monoisotopic (exact) mass is 257 g/mol. The molecule has 1 aromatic heterocycles. The molecule has 0 saturated carbocycles. The molecule has 3 nitrogen and oxygen atoms in total. The Kier molecular flexibility index (Phi) is 3.76. The van der Waals surface area contributed by atoms with E-state index in [1.165, 1.54) is 16.8 Å². The SMILES string of the molecule is CNC(C)(C)c1cncn1C(C)c1ccccc1C. The van der Waals surface area contributed by atoms with E-state index in [0.717, 1.165) is 0 Å². The molecule has 2 rings (SSSR count). The van der Waals surface area contributed by atoms with Gasteiger partial charge in [-0.3, -0.25) is 0 Å². The third-order valence-electron chi connectivity index (χ3n) is 3.99. The molecule has 0 aliphatic rings. The number of aryl methyl sites for hydroxylation is 1. The zero-order chi connectivity index (χ0) is 14.0. The summed E-state index contributed by atoms with van der Waals surface area (Å²) >= 11 is 0. The Balaban J connectivity index is 2.44. The molecule has 1 atom stereocenters. The van der Waals surface area contributed by atoms with E-state index in [4.69, 9.17) is 0 Å². The van der Waals surface area contributed by atoms with Crippen LogP contribution in [0.3, 0.4) is 0 Å². The molecule has 3 heteroatoms. The molecule has 1 unspecified atom stereocenters. The van der Waals surface area contributed by atoms with Gasteiger partial charge in [-0.05, 0) is 45.9 Å². The van der Waals surface area contributed by atoms with Crippen molar-refractivity contribution in [3.8, 4) is 0 Å². The van der Waals surface area contributed by atoms with Gasteiger partial charge in [-0.1, -0.05) is 24.3 Å². The van der Waals surface area contributed by atoms with Gasteiger partial charge in [0, 0.05) is 0 Å². The second-order valence-corrected chi connectivity index (χ2v) is 5.59. The lowest BCUT2D eigenvalue weighted by molar-refractivity contribution is 0.401. The van der Waals surface area contributed by atoms with Gasteiger partial charge in [-0.15, -0.1) is 0 Å². The minimum atomic E-state index is -0.0898. The van der Waals surface area contributed by atoms with Crippen molar-refractivity contribution in [2.75, 3.05) is 7.05 Å². The van der Waals surface area contributed by atoms with Crippen LogP contribution < -0.4 is 5.32 Å². The summed E-state index contributed by atoms with van der Waals surface area (Å²) < 4.78 is 2.25. The Morgan fingerprint density at radius 3 is 2.58 bits per heavy atom. The van der Waals surface area contributed by atoms with Crippen molar-refractivity contribution >= 4 is 0 Å². The third kappa shape index (κ3) is 2.56. The summed E-state index contributed by atoms with van der Waals surface area (Å²) in [6.45, 7) is 8.72. The zero-order valence-corrected chi connectivity index (χ0v) is 12.4. The van der Waals surface area contributed by atoms with Crippen molar-refractivity contribution < 1.29 is 0 Å². The fraction of sp³-hybridized carbons (Fsp3) is 0.438. The Labute approximate surface area is 115 Å². The molecule has 1 heterocycles. The Morgan fingerprint density at radius 2 is 1.95 bits per heavy atom. The molecule has 0 aliphatic carbocycles. The number of rotatable bonds is 4. The van der Waals surface area contributed by atoms with Gasteiger partial charge in [-0.25, -0.2) is 4.98 Å². The standard InChI is InChI=1S/C16H23N3/c1-12-8-6-7-9-14(12)13(2)19-11-18-10-15(19)16(3,4)17-5/h6-11,13,17H,1-5H3. The lowest BCUT2D eigenvalue weighted by Gasteiger charge is -2.28. The van der Waals surface area contributed by atoms with Crippen molar-refractivity contribution in [3.63, 3.8) is 0 Å². The quantitative estimate of drug-likeness (QED) is 0.911. The van der Waals surface area contributed by atoms with Gasteiger partial charge in [0.1, 0.15) is 0 Å². The van der Waals surface area contributed by atoms with Crippen molar-refractivity contribution in [1.29, 1.82) is 0 Å². The predicted molar refractivity (Wildman–Crippen MR) is 79.3 cm³/mol. The van der Waals surface area contributed by atoms with Crippen molar-refractivity contribution in [2.45, 2.75) is 39.3 Å². The average Bonchev–Trinajstić information content (AvgIpc) is 2.88. The number of hydrogen-bond donors (Lipinski definition) is 1. The van der Waals surface area contributed by atoms with Gasteiger partial charge < -0.3 is 9.88 Å². The van der Waals surface area contributed by atoms with Crippen LogP contribution in [-0.2, 0) is 5.54 Å². The minimum Gasteiger partial charge on any atom is -0.326 e. The normalized spacial score (nSPS) is 13.5. The summed E-state index contributed by atoms with van der Waals surface area (Å²) in [7, 11) is 1.98. The molecule has 1 aromatic carbocycles. The molecule has 2 aromatic rings. The van der Waals surface area contributed by atoms with E-state index >= 15 is 0 Å². The molecule has 0 radical (unpaired) electrons. The topological polar surface area (TPSA) is 29.9 Å². The molecule has 0 aliphatic heterocycles. The zero-order valence-electron chi connectivity index (χ0n) is 12.4. The molecule has 102 valence electrons. The van der Waals surface area contributed by atoms with Crippen molar-refractivity contribution in [2.24, 2.45) is 0 Å². The number of aromatic nitrogens is 2. The van der Waals surface area contributed by atoms with E-state index in [-0.39, 0.29) is 11.6 Å². The first kappa shape index (κ1) is 13.8. The molecule has 1 N–H and O–H groups in total. The highest BCUT2D eigenvalue weighted by atomic mass is 15.1. The van der Waals surface area contributed by atoms with Crippen LogP contribution in [0.2, 0.25) is 0 Å². The highest BCUT2D eigenvalue weighted by Gasteiger charge is 2.24. The molecular formula is C16H23N3. The second-order valence-electron chi connectivity index (χ2n) is 5.59. The van der Waals surface area contributed by atoms with Crippen LogP contribution in [0.1, 0.15) is 43.6 Å². The van der Waals surface area contributed by atoms with Crippen LogP contribution in [0.15, 0.2) is 36.8 Å². The van der Waals surface area contributed by atoms with Crippen LogP contribution in [-0.4, -0.2) is 16.6 Å². The van der Waals surface area contributed by atoms with Crippen LogP contribution in [0, 0.1) is 6.92 Å². The smallest absolute Gasteiger partial charge is 0.0954 e. The van der Waals surface area contributed by atoms with E-state index in [0.29, 0.717) is 0 Å². The number of nitrogens with one attached hydrogen (secondary N) is 1. The molecule has 0 fully saturated rings. The molecule has 0 spiro atoms. The first-order valence-electron chi connectivity index (χ1n) is 6.74. The maximum Gasteiger partial charge on any atom is 0.0954 e. The predicted octanol–water partition coefficient (Wildman–Crippen LogP) is 3.26. The molecular weight excluding hydrogens is 234 g/mol. The van der Waals surface area contributed by atoms with Crippen LogP contribution in [0.4, 0.5) is 0 Å². The summed E-state index contributed by atoms with van der Waals surface area (Å²) in [5.41, 5.74) is 3.77. The van der Waals surface area contributed by atoms with Crippen LogP contribution in [0.5, 0.6) is 0 Å². The highest BCUT2D eigenvalue weighted by Crippen LogP contribution is 2.27. The van der Waals surface area contributed by atoms with E-state index in [1.54, 1.807) is 0 Å². The van der Waals surface area contributed by atoms with Crippen molar-refractivity contribution in [1.82, 2.24) is 14.9 Å². The third-order valence-corrected chi connectivity index (χ3v) is 3.99. The van der Waals surface area contributed by atoms with Crippen LogP contribution in [0.25, 0.3) is 0 Å². The van der Waals surface area contributed by atoms with Gasteiger partial charge in [-0.2, -0.15) is 0 Å². The summed E-state index contributed by atoms with van der Waals surface area (Å²) in [6, 6.07) is 8.81. The van der Waals surface area contributed by atoms with Gasteiger partial charge in [0.15, 0.2) is 0 Å². The van der Waals surface area contributed by atoms with Gasteiger partial charge in [0.05, 0.1) is 29.8 Å². The van der Waals surface area contributed by atoms with E-state index in [2.05, 4.69) is 66.8 Å². The summed E-state index contributed by atoms with van der Waals surface area (Å²) in [5, 5.41) is 3.34. The lowest BCUT2D eigenvalue weighted by atomic mass is 9.98. The van der Waals surface area contributed by atoms with Gasteiger partial charge >= 0.3 is 0 Å². The highest BCUT2D eigenvalue weighted by molar-refractivity contribution is 5.30. The largest absolute Gasteiger partial charge is 0.326 e. The molecule has 0 bridgehead atoms. The van der Waals surface area contributed by atoms with E-state index in [9.17, 15) is 0 Å². The fourth-order valence-corrected chi connectivity index (χ4v) is 2.43. The number of imidazole rings is 1. The van der Waals surface area contributed by atoms with Crippen LogP contribution >= 0.6 is 0 Å². The second kappa shape index (κ2) is 5.17. The van der Waals surface area contributed by atoms with Crippen molar-refractivity contribution in [3.05, 3.63) is 53.6 Å². The summed E-state index contributed by atoms with van der Waals surface area (Å²) in [5.74, 6) is 0. The fourth-order valence-electron chi connectivity index (χ4n) is 2.43. The summed E-state index contributed by atoms with van der Waals surface area (Å²) in [4.78, 5) is 4.34. The van der Waals surface area contributed by atoms with E-state index in [1.807, 2.05) is 19.6 Å². The number of hydrogen-bond acceptors (Lipinski definition) is 2. The molecule has 0 saturated heterocycles.